The zero-order valence-electron chi connectivity index (χ0n) is 26.2. The molecule has 2 heterocycles. The third-order valence-electron chi connectivity index (χ3n) is 11.1. The monoisotopic (exact) mass is 614 g/mol. The summed E-state index contributed by atoms with van der Waals surface area (Å²) in [6, 6.07) is 0. The topological polar surface area (TPSA) is 179 Å². The van der Waals surface area contributed by atoms with Crippen LogP contribution in [-0.4, -0.2) is 115 Å². The summed E-state index contributed by atoms with van der Waals surface area (Å²) in [5, 5.41) is 73.2. The predicted molar refractivity (Wildman–Crippen MR) is 156 cm³/mol. The Morgan fingerprint density at radius 1 is 0.953 bits per heavy atom. The summed E-state index contributed by atoms with van der Waals surface area (Å²) in [4.78, 5) is 0. The predicted octanol–water partition coefficient (Wildman–Crippen LogP) is 1.15. The van der Waals surface area contributed by atoms with Crippen LogP contribution in [0.1, 0.15) is 73.1 Å². The molecule has 0 bridgehead atoms. The van der Waals surface area contributed by atoms with Gasteiger partial charge in [-0.2, -0.15) is 0 Å². The van der Waals surface area contributed by atoms with Gasteiger partial charge in [-0.15, -0.1) is 6.58 Å². The van der Waals surface area contributed by atoms with Gasteiger partial charge in [-0.25, -0.2) is 0 Å². The lowest BCUT2D eigenvalue weighted by molar-refractivity contribution is -0.375. The first-order chi connectivity index (χ1) is 20.0. The highest BCUT2D eigenvalue weighted by Crippen LogP contribution is 2.62. The van der Waals surface area contributed by atoms with Gasteiger partial charge in [0.1, 0.15) is 42.7 Å². The lowest BCUT2D eigenvalue weighted by Crippen LogP contribution is -2.65. The van der Waals surface area contributed by atoms with Crippen molar-refractivity contribution >= 4 is 0 Å². The fourth-order valence-electron chi connectivity index (χ4n) is 8.22. The molecule has 2 aliphatic heterocycles. The first-order valence-electron chi connectivity index (χ1n) is 15.6. The van der Waals surface area contributed by atoms with E-state index in [1.165, 1.54) is 12.5 Å². The Morgan fingerprint density at radius 2 is 1.63 bits per heavy atom. The third kappa shape index (κ3) is 6.64. The molecule has 2 aliphatic carbocycles. The van der Waals surface area contributed by atoms with Crippen LogP contribution in [0.15, 0.2) is 24.8 Å². The van der Waals surface area contributed by atoms with E-state index in [1.807, 2.05) is 0 Å². The van der Waals surface area contributed by atoms with Crippen molar-refractivity contribution in [1.82, 2.24) is 0 Å². The number of ether oxygens (including phenoxy) is 4. The number of hydrogen-bond donors (Lipinski definition) is 7. The first-order valence-corrected chi connectivity index (χ1v) is 15.6. The Morgan fingerprint density at radius 3 is 2.26 bits per heavy atom. The highest BCUT2D eigenvalue weighted by atomic mass is 16.8. The van der Waals surface area contributed by atoms with E-state index in [0.29, 0.717) is 12.8 Å². The minimum absolute atomic E-state index is 0.0875. The molecular weight excluding hydrogens is 560 g/mol. The fourth-order valence-corrected chi connectivity index (χ4v) is 8.22. The van der Waals surface area contributed by atoms with Crippen LogP contribution >= 0.6 is 0 Å². The van der Waals surface area contributed by atoms with E-state index in [-0.39, 0.29) is 28.8 Å². The van der Waals surface area contributed by atoms with Gasteiger partial charge in [0.15, 0.2) is 12.6 Å². The number of rotatable bonds is 9. The van der Waals surface area contributed by atoms with Gasteiger partial charge in [-0.1, -0.05) is 39.0 Å². The van der Waals surface area contributed by atoms with Crippen LogP contribution in [0.3, 0.4) is 0 Å². The quantitative estimate of drug-likeness (QED) is 0.146. The van der Waals surface area contributed by atoms with Crippen molar-refractivity contribution in [3.8, 4) is 0 Å². The molecule has 4 aliphatic rings. The van der Waals surface area contributed by atoms with Gasteiger partial charge in [0, 0.05) is 0 Å². The average molecular weight is 615 g/mol. The maximum Gasteiger partial charge on any atom is 0.187 e. The Bertz CT molecular complexity index is 986. The number of aliphatic hydroxyl groups excluding tert-OH is 6. The SMILES string of the molecule is C=C[C@@](C)(O)CC[C@H]1C(=C)CC[C@H]2C(C)(C)[C@@H](O[C@@H]3O[C@H](CO)[C@@H](O)[C@H](O)[C@H]3O[C@@H]3O[C@@H](C)[C@H](O)[C@@H](O)[C@H]3O)CC[C@]12C. The summed E-state index contributed by atoms with van der Waals surface area (Å²) in [5.74, 6) is 0.445. The maximum atomic E-state index is 11.1. The van der Waals surface area contributed by atoms with Crippen LogP contribution in [0.4, 0.5) is 0 Å². The summed E-state index contributed by atoms with van der Waals surface area (Å²) in [7, 11) is 0. The molecule has 15 atom stereocenters. The Hall–Kier alpha value is -0.960. The first kappa shape index (κ1) is 34.9. The summed E-state index contributed by atoms with van der Waals surface area (Å²) in [5.41, 5.74) is -0.210. The van der Waals surface area contributed by atoms with Crippen molar-refractivity contribution in [1.29, 1.82) is 0 Å². The normalized spacial score (nSPS) is 48.3. The fraction of sp³-hybridized carbons (Fsp3) is 0.875. The maximum absolute atomic E-state index is 11.1. The van der Waals surface area contributed by atoms with E-state index < -0.39 is 73.6 Å². The molecule has 43 heavy (non-hydrogen) atoms. The largest absolute Gasteiger partial charge is 0.394 e. The molecule has 11 nitrogen and oxygen atoms in total. The smallest absolute Gasteiger partial charge is 0.187 e. The molecule has 7 N–H and O–H groups in total. The summed E-state index contributed by atoms with van der Waals surface area (Å²) in [6.07, 6.45) is -7.76. The molecular formula is C32H54O11. The van der Waals surface area contributed by atoms with Crippen molar-refractivity contribution in [2.45, 2.75) is 146 Å². The van der Waals surface area contributed by atoms with Crippen LogP contribution in [0.2, 0.25) is 0 Å². The zero-order chi connectivity index (χ0) is 32.1. The molecule has 4 rings (SSSR count). The molecule has 248 valence electrons. The van der Waals surface area contributed by atoms with Crippen molar-refractivity contribution in [3.63, 3.8) is 0 Å². The Labute approximate surface area is 255 Å². The van der Waals surface area contributed by atoms with Crippen LogP contribution in [0.25, 0.3) is 0 Å². The van der Waals surface area contributed by atoms with E-state index in [4.69, 9.17) is 18.9 Å². The molecule has 0 unspecified atom stereocenters. The third-order valence-corrected chi connectivity index (χ3v) is 11.1. The van der Waals surface area contributed by atoms with Gasteiger partial charge < -0.3 is 54.7 Å². The molecule has 4 fully saturated rings. The van der Waals surface area contributed by atoms with Gasteiger partial charge in [0.05, 0.1) is 24.4 Å². The highest BCUT2D eigenvalue weighted by Gasteiger charge is 2.58. The van der Waals surface area contributed by atoms with Gasteiger partial charge in [0.2, 0.25) is 0 Å². The van der Waals surface area contributed by atoms with E-state index in [9.17, 15) is 35.7 Å². The molecule has 0 aromatic carbocycles. The number of allylic oxidation sites excluding steroid dienone is 1. The second-order valence-electron chi connectivity index (χ2n) is 14.4. The van der Waals surface area contributed by atoms with Gasteiger partial charge in [0.25, 0.3) is 0 Å². The van der Waals surface area contributed by atoms with Crippen LogP contribution in [0, 0.1) is 22.7 Å². The number of fused-ring (bicyclic) bond motifs is 1. The van der Waals surface area contributed by atoms with Crippen LogP contribution in [0.5, 0.6) is 0 Å². The standard InChI is InChI=1S/C32H54O11/c1-8-31(6,39)13-11-18-16(2)9-10-20-30(4,5)21(12-14-32(18,20)7)42-29-27(25(37)23(35)19(15-33)41-29)43-28-26(38)24(36)22(34)17(3)40-28/h8,17-29,33-39H,1-2,9-15H2,3-7H3/t17-,18-,19+,20-,21-,22-,23+,24+,25-,26+,27+,28-,29-,31+,32+/m0/s1. The van der Waals surface area contributed by atoms with E-state index in [0.717, 1.165) is 25.7 Å². The molecule has 0 radical (unpaired) electrons. The second kappa shape index (κ2) is 13.0. The molecule has 0 aromatic rings. The number of aliphatic hydroxyl groups is 7. The van der Waals surface area contributed by atoms with Crippen molar-refractivity contribution in [2.75, 3.05) is 6.61 Å². The highest BCUT2D eigenvalue weighted by molar-refractivity contribution is 5.17. The van der Waals surface area contributed by atoms with E-state index >= 15 is 0 Å². The van der Waals surface area contributed by atoms with Crippen LogP contribution < -0.4 is 0 Å². The second-order valence-corrected chi connectivity index (χ2v) is 14.4. The molecule has 2 saturated heterocycles. The molecule has 2 saturated carbocycles. The van der Waals surface area contributed by atoms with E-state index in [1.54, 1.807) is 13.0 Å². The van der Waals surface area contributed by atoms with Gasteiger partial charge in [-0.05, 0) is 75.0 Å². The number of hydrogen-bond acceptors (Lipinski definition) is 11. The lowest BCUT2D eigenvalue weighted by atomic mass is 9.46. The lowest BCUT2D eigenvalue weighted by Gasteiger charge is -2.61. The Balaban J connectivity index is 1.56. The van der Waals surface area contributed by atoms with Crippen molar-refractivity contribution in [3.05, 3.63) is 24.8 Å². The van der Waals surface area contributed by atoms with Gasteiger partial charge in [-0.3, -0.25) is 0 Å². The molecule has 0 amide bonds. The average Bonchev–Trinajstić information content (AvgIpc) is 2.94. The van der Waals surface area contributed by atoms with Crippen molar-refractivity contribution < 1.29 is 54.7 Å². The summed E-state index contributed by atoms with van der Waals surface area (Å²) in [6.45, 7) is 17.5. The molecule has 11 heteroatoms. The summed E-state index contributed by atoms with van der Waals surface area (Å²) < 4.78 is 24.1. The summed E-state index contributed by atoms with van der Waals surface area (Å²) >= 11 is 0. The molecule has 0 spiro atoms. The van der Waals surface area contributed by atoms with Gasteiger partial charge >= 0.3 is 0 Å². The van der Waals surface area contributed by atoms with Crippen molar-refractivity contribution in [2.24, 2.45) is 22.7 Å². The van der Waals surface area contributed by atoms with E-state index in [2.05, 4.69) is 33.9 Å². The zero-order valence-corrected chi connectivity index (χ0v) is 26.2. The Kier molecular flexibility index (Phi) is 10.6. The minimum atomic E-state index is -1.63. The molecule has 0 aromatic heterocycles. The van der Waals surface area contributed by atoms with Crippen LogP contribution in [-0.2, 0) is 18.9 Å². The minimum Gasteiger partial charge on any atom is -0.394 e.